The summed E-state index contributed by atoms with van der Waals surface area (Å²) in [7, 11) is -1.09. The molecule has 0 aromatic carbocycles. The molecule has 134 valence electrons. The van der Waals surface area contributed by atoms with Gasteiger partial charge in [-0.1, -0.05) is 6.92 Å². The summed E-state index contributed by atoms with van der Waals surface area (Å²) in [5.41, 5.74) is 0. The summed E-state index contributed by atoms with van der Waals surface area (Å²) in [6.45, 7) is 5.81. The molecule has 2 heterocycles. The molecule has 0 unspecified atom stereocenters. The predicted octanol–water partition coefficient (Wildman–Crippen LogP) is -0.980. The Hall–Kier alpha value is -0.700. The van der Waals surface area contributed by atoms with Crippen LogP contribution in [0.5, 0.6) is 0 Å². The summed E-state index contributed by atoms with van der Waals surface area (Å²) in [6, 6.07) is -0.0371. The third-order valence-electron chi connectivity index (χ3n) is 4.88. The van der Waals surface area contributed by atoms with E-state index in [2.05, 4.69) is 4.90 Å². The van der Waals surface area contributed by atoms with Crippen molar-refractivity contribution in [2.45, 2.75) is 31.9 Å². The fourth-order valence-corrected chi connectivity index (χ4v) is 4.98. The van der Waals surface area contributed by atoms with Gasteiger partial charge in [-0.2, -0.15) is 0 Å². The number of hydrogen-bond donors (Lipinski definition) is 1. The number of amides is 1. The molecule has 0 saturated carbocycles. The third-order valence-corrected chi connectivity index (χ3v) is 6.63. The fraction of sp³-hybridized carbons (Fsp3) is 0.933. The van der Waals surface area contributed by atoms with Gasteiger partial charge in [0.2, 0.25) is 5.91 Å². The summed E-state index contributed by atoms with van der Waals surface area (Å²) in [4.78, 5) is 18.3. The van der Waals surface area contributed by atoms with Gasteiger partial charge in [0.15, 0.2) is 9.84 Å². The van der Waals surface area contributed by atoms with Crippen molar-refractivity contribution in [3.63, 3.8) is 0 Å². The molecule has 1 amide bonds. The van der Waals surface area contributed by atoms with Crippen LogP contribution in [0.1, 0.15) is 19.8 Å². The number of aliphatic hydroxyl groups excluding tert-OH is 1. The maximum atomic E-state index is 12.4. The first-order valence-corrected chi connectivity index (χ1v) is 10.2. The van der Waals surface area contributed by atoms with Crippen LogP contribution in [0.3, 0.4) is 0 Å². The molecule has 8 heteroatoms. The van der Waals surface area contributed by atoms with Crippen molar-refractivity contribution in [3.8, 4) is 0 Å². The molecule has 0 aromatic rings. The molecule has 2 saturated heterocycles. The summed E-state index contributed by atoms with van der Waals surface area (Å²) < 4.78 is 23.1. The Morgan fingerprint density at radius 3 is 2.48 bits per heavy atom. The average Bonchev–Trinajstić information content (AvgIpc) is 2.88. The highest BCUT2D eigenvalue weighted by Gasteiger charge is 2.32. The second-order valence-corrected chi connectivity index (χ2v) is 8.94. The van der Waals surface area contributed by atoms with E-state index in [9.17, 15) is 18.3 Å². The van der Waals surface area contributed by atoms with Gasteiger partial charge in [0.1, 0.15) is 0 Å². The highest BCUT2D eigenvalue weighted by molar-refractivity contribution is 7.91. The molecule has 0 bridgehead atoms. The second kappa shape index (κ2) is 7.92. The third kappa shape index (κ3) is 5.41. The fourth-order valence-electron chi connectivity index (χ4n) is 3.17. The zero-order valence-electron chi connectivity index (χ0n) is 14.1. The molecule has 0 aromatic heterocycles. The molecule has 2 fully saturated rings. The molecule has 7 nitrogen and oxygen atoms in total. The number of hydrogen-bond acceptors (Lipinski definition) is 6. The number of nitrogens with zero attached hydrogens (tertiary/aromatic N) is 3. The smallest absolute Gasteiger partial charge is 0.236 e. The number of carbonyl (C=O) groups is 1. The van der Waals surface area contributed by atoms with Gasteiger partial charge in [0.25, 0.3) is 0 Å². The first-order valence-electron chi connectivity index (χ1n) is 8.39. The number of carbonyl (C=O) groups excluding carboxylic acids is 1. The van der Waals surface area contributed by atoms with E-state index in [0.717, 1.165) is 19.5 Å². The molecule has 2 aliphatic rings. The lowest BCUT2D eigenvalue weighted by atomic mass is 10.2. The van der Waals surface area contributed by atoms with Crippen LogP contribution in [-0.2, 0) is 14.6 Å². The summed E-state index contributed by atoms with van der Waals surface area (Å²) in [6.07, 6.45) is 1.07. The first-order chi connectivity index (χ1) is 10.8. The SMILES string of the molecule is CC[C@@H](O)CN1CCN(C(=O)CN(C)[C@H]2CCS(=O)(=O)C2)CC1. The zero-order chi connectivity index (χ0) is 17.0. The summed E-state index contributed by atoms with van der Waals surface area (Å²) >= 11 is 0. The van der Waals surface area contributed by atoms with E-state index in [4.69, 9.17) is 0 Å². The molecule has 0 spiro atoms. The number of aliphatic hydroxyl groups is 1. The van der Waals surface area contributed by atoms with E-state index < -0.39 is 9.84 Å². The standard InChI is InChI=1S/C15H29N3O4S/c1-3-14(19)10-17-5-7-18(8-6-17)15(20)11-16(2)13-4-9-23(21,22)12-13/h13-14,19H,3-12H2,1-2H3/t13-,14+/m0/s1. The van der Waals surface area contributed by atoms with Gasteiger partial charge in [-0.25, -0.2) is 8.42 Å². The Morgan fingerprint density at radius 1 is 1.30 bits per heavy atom. The lowest BCUT2D eigenvalue weighted by molar-refractivity contribution is -0.134. The van der Waals surface area contributed by atoms with Crippen LogP contribution in [0.25, 0.3) is 0 Å². The molecule has 0 aliphatic carbocycles. The minimum Gasteiger partial charge on any atom is -0.392 e. The normalized spacial score (nSPS) is 26.6. The minimum atomic E-state index is -2.92. The van der Waals surface area contributed by atoms with Crippen LogP contribution in [0.15, 0.2) is 0 Å². The molecule has 1 N–H and O–H groups in total. The monoisotopic (exact) mass is 347 g/mol. The lowest BCUT2D eigenvalue weighted by Gasteiger charge is -2.36. The van der Waals surface area contributed by atoms with Crippen LogP contribution in [-0.4, -0.2) is 104 Å². The number of rotatable bonds is 6. The lowest BCUT2D eigenvalue weighted by Crippen LogP contribution is -2.52. The average molecular weight is 347 g/mol. The Morgan fingerprint density at radius 2 is 1.96 bits per heavy atom. The van der Waals surface area contributed by atoms with Crippen molar-refractivity contribution in [1.29, 1.82) is 0 Å². The van der Waals surface area contributed by atoms with Gasteiger partial charge in [0, 0.05) is 38.8 Å². The summed E-state index contributed by atoms with van der Waals surface area (Å²) in [5, 5.41) is 9.69. The van der Waals surface area contributed by atoms with Gasteiger partial charge in [-0.3, -0.25) is 14.6 Å². The predicted molar refractivity (Wildman–Crippen MR) is 89.0 cm³/mol. The van der Waals surface area contributed by atoms with Gasteiger partial charge in [0.05, 0.1) is 24.2 Å². The number of sulfone groups is 1. The van der Waals surface area contributed by atoms with E-state index in [1.54, 1.807) is 0 Å². The van der Waals surface area contributed by atoms with Crippen molar-refractivity contribution < 1.29 is 18.3 Å². The van der Waals surface area contributed by atoms with Gasteiger partial charge in [-0.15, -0.1) is 0 Å². The van der Waals surface area contributed by atoms with E-state index in [1.807, 2.05) is 23.8 Å². The molecule has 2 atom stereocenters. The van der Waals surface area contributed by atoms with Crippen molar-refractivity contribution in [2.24, 2.45) is 0 Å². The van der Waals surface area contributed by atoms with Crippen LogP contribution >= 0.6 is 0 Å². The minimum absolute atomic E-state index is 0.0371. The maximum absolute atomic E-state index is 12.4. The maximum Gasteiger partial charge on any atom is 0.236 e. The Labute approximate surface area is 139 Å². The van der Waals surface area contributed by atoms with Crippen molar-refractivity contribution in [2.75, 3.05) is 57.8 Å². The van der Waals surface area contributed by atoms with Gasteiger partial charge in [-0.05, 0) is 19.9 Å². The molecule has 23 heavy (non-hydrogen) atoms. The second-order valence-electron chi connectivity index (χ2n) is 6.72. The van der Waals surface area contributed by atoms with Crippen molar-refractivity contribution in [1.82, 2.24) is 14.7 Å². The first kappa shape index (κ1) is 18.6. The molecule has 2 aliphatic heterocycles. The van der Waals surface area contributed by atoms with E-state index in [1.165, 1.54) is 0 Å². The molecule has 0 radical (unpaired) electrons. The molecule has 2 rings (SSSR count). The van der Waals surface area contributed by atoms with Gasteiger partial charge >= 0.3 is 0 Å². The number of piperazine rings is 1. The largest absolute Gasteiger partial charge is 0.392 e. The van der Waals surface area contributed by atoms with E-state index in [0.29, 0.717) is 26.1 Å². The van der Waals surface area contributed by atoms with E-state index >= 15 is 0 Å². The number of β-amino-alcohol motifs (C(OH)–C–C–N with tert-alkyl or cyclic N) is 1. The zero-order valence-corrected chi connectivity index (χ0v) is 15.0. The van der Waals surface area contributed by atoms with Crippen LogP contribution in [0, 0.1) is 0 Å². The highest BCUT2D eigenvalue weighted by Crippen LogP contribution is 2.16. The topological polar surface area (TPSA) is 81.2 Å². The Kier molecular flexibility index (Phi) is 6.41. The van der Waals surface area contributed by atoms with Crippen LogP contribution in [0.4, 0.5) is 0 Å². The highest BCUT2D eigenvalue weighted by atomic mass is 32.2. The summed E-state index contributed by atoms with van der Waals surface area (Å²) in [5.74, 6) is 0.459. The van der Waals surface area contributed by atoms with E-state index in [-0.39, 0.29) is 36.1 Å². The number of likely N-dealkylation sites (N-methyl/N-ethyl adjacent to an activating group) is 1. The van der Waals surface area contributed by atoms with Crippen molar-refractivity contribution >= 4 is 15.7 Å². The van der Waals surface area contributed by atoms with Gasteiger partial charge < -0.3 is 10.0 Å². The molecular formula is C15H29N3O4S. The Balaban J connectivity index is 1.75. The quantitative estimate of drug-likeness (QED) is 0.665. The van der Waals surface area contributed by atoms with Crippen molar-refractivity contribution in [3.05, 3.63) is 0 Å². The Bertz CT molecular complexity index is 503. The molecular weight excluding hydrogens is 318 g/mol. The van der Waals surface area contributed by atoms with Crippen LogP contribution < -0.4 is 0 Å². The van der Waals surface area contributed by atoms with Crippen LogP contribution in [0.2, 0.25) is 0 Å².